The molecule has 0 saturated carbocycles. The summed E-state index contributed by atoms with van der Waals surface area (Å²) in [6, 6.07) is 0. The van der Waals surface area contributed by atoms with Crippen LogP contribution in [0.25, 0.3) is 0 Å². The van der Waals surface area contributed by atoms with Gasteiger partial charge >= 0.3 is 0 Å². The molecule has 0 radical (unpaired) electrons. The van der Waals surface area contributed by atoms with Crippen LogP contribution in [0.5, 0.6) is 5.88 Å². The smallest absolute Gasteiger partial charge is 0.257 e. The van der Waals surface area contributed by atoms with Gasteiger partial charge in [0.15, 0.2) is 5.82 Å². The lowest BCUT2D eigenvalue weighted by atomic mass is 9.97. The second-order valence-electron chi connectivity index (χ2n) is 5.98. The van der Waals surface area contributed by atoms with Gasteiger partial charge in [0, 0.05) is 26.0 Å². The maximum absolute atomic E-state index is 5.75. The van der Waals surface area contributed by atoms with Crippen molar-refractivity contribution < 1.29 is 4.74 Å². The van der Waals surface area contributed by atoms with Crippen molar-refractivity contribution in [3.8, 4) is 5.88 Å². The molecule has 5 nitrogen and oxygen atoms in total. The summed E-state index contributed by atoms with van der Waals surface area (Å²) in [7, 11) is 4.27. The molecule has 5 heteroatoms. The van der Waals surface area contributed by atoms with E-state index in [0.29, 0.717) is 5.88 Å². The SMILES string of the molecule is CC(C)Oc1nccnc1N(C)CC1CCN(C)CC1. The summed E-state index contributed by atoms with van der Waals surface area (Å²) >= 11 is 0. The molecule has 0 atom stereocenters. The van der Waals surface area contributed by atoms with Crippen molar-refractivity contribution in [2.24, 2.45) is 5.92 Å². The van der Waals surface area contributed by atoms with Crippen molar-refractivity contribution in [3.63, 3.8) is 0 Å². The zero-order valence-corrected chi connectivity index (χ0v) is 13.0. The fraction of sp³-hybridized carbons (Fsp3) is 0.733. The van der Waals surface area contributed by atoms with E-state index in [0.717, 1.165) is 18.3 Å². The molecule has 1 fully saturated rings. The van der Waals surface area contributed by atoms with Crippen molar-refractivity contribution in [1.29, 1.82) is 0 Å². The Morgan fingerprint density at radius 3 is 2.60 bits per heavy atom. The molecule has 20 heavy (non-hydrogen) atoms. The fourth-order valence-electron chi connectivity index (χ4n) is 2.60. The first-order valence-electron chi connectivity index (χ1n) is 7.43. The molecule has 0 bridgehead atoms. The average Bonchev–Trinajstić information content (AvgIpc) is 2.41. The lowest BCUT2D eigenvalue weighted by Gasteiger charge is -2.32. The van der Waals surface area contributed by atoms with Gasteiger partial charge in [-0.15, -0.1) is 0 Å². The molecule has 0 amide bonds. The van der Waals surface area contributed by atoms with Crippen molar-refractivity contribution in [1.82, 2.24) is 14.9 Å². The molecule has 112 valence electrons. The van der Waals surface area contributed by atoms with E-state index in [-0.39, 0.29) is 6.10 Å². The van der Waals surface area contributed by atoms with E-state index in [1.54, 1.807) is 12.4 Å². The summed E-state index contributed by atoms with van der Waals surface area (Å²) in [5, 5.41) is 0. The first-order chi connectivity index (χ1) is 9.56. The van der Waals surface area contributed by atoms with Crippen LogP contribution in [-0.4, -0.2) is 54.7 Å². The van der Waals surface area contributed by atoms with E-state index in [1.165, 1.54) is 25.9 Å². The number of anilines is 1. The van der Waals surface area contributed by atoms with Crippen LogP contribution in [0.3, 0.4) is 0 Å². The van der Waals surface area contributed by atoms with Crippen LogP contribution in [0.4, 0.5) is 5.82 Å². The second kappa shape index (κ2) is 6.88. The minimum Gasteiger partial charge on any atom is -0.472 e. The Kier molecular flexibility index (Phi) is 5.17. The second-order valence-corrected chi connectivity index (χ2v) is 5.98. The van der Waals surface area contributed by atoms with Crippen molar-refractivity contribution in [2.45, 2.75) is 32.8 Å². The summed E-state index contributed by atoms with van der Waals surface area (Å²) in [5.74, 6) is 2.21. The standard InChI is InChI=1S/C15H26N4O/c1-12(2)20-15-14(16-7-8-17-15)19(4)11-13-5-9-18(3)10-6-13/h7-8,12-13H,5-6,9-11H2,1-4H3. The van der Waals surface area contributed by atoms with Crippen LogP contribution < -0.4 is 9.64 Å². The zero-order chi connectivity index (χ0) is 14.5. The number of rotatable bonds is 5. The van der Waals surface area contributed by atoms with Gasteiger partial charge in [-0.3, -0.25) is 0 Å². The number of nitrogens with zero attached hydrogens (tertiary/aromatic N) is 4. The van der Waals surface area contributed by atoms with Crippen LogP contribution in [0.2, 0.25) is 0 Å². The van der Waals surface area contributed by atoms with Crippen LogP contribution in [0, 0.1) is 5.92 Å². The van der Waals surface area contributed by atoms with E-state index < -0.39 is 0 Å². The minimum absolute atomic E-state index is 0.113. The number of piperidine rings is 1. The van der Waals surface area contributed by atoms with Crippen LogP contribution in [0.15, 0.2) is 12.4 Å². The van der Waals surface area contributed by atoms with Gasteiger partial charge in [-0.05, 0) is 52.7 Å². The number of likely N-dealkylation sites (tertiary alicyclic amines) is 1. The molecule has 0 aromatic carbocycles. The lowest BCUT2D eigenvalue weighted by Crippen LogP contribution is -2.36. The Balaban J connectivity index is 1.99. The number of ether oxygens (including phenoxy) is 1. The summed E-state index contributed by atoms with van der Waals surface area (Å²) in [5.41, 5.74) is 0. The Morgan fingerprint density at radius 2 is 1.95 bits per heavy atom. The number of hydrogen-bond donors (Lipinski definition) is 0. The third kappa shape index (κ3) is 4.07. The maximum atomic E-state index is 5.75. The molecule has 1 aromatic rings. The number of hydrogen-bond acceptors (Lipinski definition) is 5. The molecule has 1 aliphatic heterocycles. The molecule has 1 aliphatic rings. The molecule has 0 aliphatic carbocycles. The summed E-state index contributed by atoms with van der Waals surface area (Å²) in [4.78, 5) is 13.3. The minimum atomic E-state index is 0.113. The third-order valence-corrected chi connectivity index (χ3v) is 3.73. The zero-order valence-electron chi connectivity index (χ0n) is 13.0. The molecule has 0 unspecified atom stereocenters. The van der Waals surface area contributed by atoms with Gasteiger partial charge in [-0.2, -0.15) is 0 Å². The lowest BCUT2D eigenvalue weighted by molar-refractivity contribution is 0.219. The monoisotopic (exact) mass is 278 g/mol. The van der Waals surface area contributed by atoms with E-state index in [4.69, 9.17) is 4.74 Å². The Bertz CT molecular complexity index is 416. The van der Waals surface area contributed by atoms with Crippen LogP contribution in [0.1, 0.15) is 26.7 Å². The highest BCUT2D eigenvalue weighted by atomic mass is 16.5. The van der Waals surface area contributed by atoms with Gasteiger partial charge in [0.05, 0.1) is 6.10 Å². The average molecular weight is 278 g/mol. The molecule has 2 heterocycles. The summed E-state index contributed by atoms with van der Waals surface area (Å²) in [6.45, 7) is 7.41. The van der Waals surface area contributed by atoms with Crippen molar-refractivity contribution >= 4 is 5.82 Å². The first-order valence-corrected chi connectivity index (χ1v) is 7.43. The van der Waals surface area contributed by atoms with Crippen molar-refractivity contribution in [2.75, 3.05) is 38.6 Å². The quantitative estimate of drug-likeness (QED) is 0.824. The molecular weight excluding hydrogens is 252 g/mol. The molecular formula is C15H26N4O. The van der Waals surface area contributed by atoms with E-state index >= 15 is 0 Å². The van der Waals surface area contributed by atoms with Crippen LogP contribution >= 0.6 is 0 Å². The third-order valence-electron chi connectivity index (χ3n) is 3.73. The van der Waals surface area contributed by atoms with Crippen LogP contribution in [-0.2, 0) is 0 Å². The Labute approximate surface area is 122 Å². The number of aromatic nitrogens is 2. The van der Waals surface area contributed by atoms with Gasteiger partial charge < -0.3 is 14.5 Å². The van der Waals surface area contributed by atoms with Gasteiger partial charge in [0.1, 0.15) is 0 Å². The van der Waals surface area contributed by atoms with Gasteiger partial charge in [0.25, 0.3) is 5.88 Å². The highest BCUT2D eigenvalue weighted by Gasteiger charge is 2.20. The Morgan fingerprint density at radius 1 is 1.30 bits per heavy atom. The maximum Gasteiger partial charge on any atom is 0.257 e. The fourth-order valence-corrected chi connectivity index (χ4v) is 2.60. The predicted octanol–water partition coefficient (Wildman–Crippen LogP) is 2.04. The molecule has 0 spiro atoms. The normalized spacial score (nSPS) is 17.4. The molecule has 0 N–H and O–H groups in total. The molecule has 2 rings (SSSR count). The predicted molar refractivity (Wildman–Crippen MR) is 81.3 cm³/mol. The topological polar surface area (TPSA) is 41.5 Å². The molecule has 1 aromatic heterocycles. The van der Waals surface area contributed by atoms with Crippen molar-refractivity contribution in [3.05, 3.63) is 12.4 Å². The largest absolute Gasteiger partial charge is 0.472 e. The highest BCUT2D eigenvalue weighted by Crippen LogP contribution is 2.25. The van der Waals surface area contributed by atoms with Gasteiger partial charge in [-0.25, -0.2) is 9.97 Å². The van der Waals surface area contributed by atoms with E-state index in [1.807, 2.05) is 13.8 Å². The molecule has 1 saturated heterocycles. The van der Waals surface area contributed by atoms with Gasteiger partial charge in [0.2, 0.25) is 0 Å². The summed E-state index contributed by atoms with van der Waals surface area (Å²) in [6.07, 6.45) is 6.03. The van der Waals surface area contributed by atoms with Gasteiger partial charge in [-0.1, -0.05) is 0 Å². The van der Waals surface area contributed by atoms with E-state index in [9.17, 15) is 0 Å². The summed E-state index contributed by atoms with van der Waals surface area (Å²) < 4.78 is 5.75. The Hall–Kier alpha value is -1.36. The van der Waals surface area contributed by atoms with E-state index in [2.05, 4.69) is 33.9 Å². The first kappa shape index (κ1) is 15.0. The highest BCUT2D eigenvalue weighted by molar-refractivity contribution is 5.47.